The van der Waals surface area contributed by atoms with Gasteiger partial charge in [0.05, 0.1) is 0 Å². The van der Waals surface area contributed by atoms with Crippen LogP contribution in [0.2, 0.25) is 0 Å². The summed E-state index contributed by atoms with van der Waals surface area (Å²) in [5, 5.41) is 4.03. The second-order valence-corrected chi connectivity index (χ2v) is 7.01. The molecule has 0 atom stereocenters. The van der Waals surface area contributed by atoms with Crippen molar-refractivity contribution < 1.29 is 4.79 Å². The van der Waals surface area contributed by atoms with Crippen LogP contribution >= 0.6 is 0 Å². The summed E-state index contributed by atoms with van der Waals surface area (Å²) in [6.45, 7) is 2.89. The normalized spacial score (nSPS) is 10.3. The monoisotopic (exact) mass is 347 g/mol. The Morgan fingerprint density at radius 3 is 2.52 bits per heavy atom. The molecule has 0 saturated carbocycles. The Hall–Kier alpha value is -1.57. The zero-order valence-electron chi connectivity index (χ0n) is 12.3. The molecule has 0 spiro atoms. The third kappa shape index (κ3) is 5.04. The van der Waals surface area contributed by atoms with Crippen LogP contribution in [-0.2, 0) is 5.32 Å². The van der Waals surface area contributed by atoms with Gasteiger partial charge in [-0.05, 0) is 0 Å². The number of hydrogen-bond acceptors (Lipinski definition) is 1. The van der Waals surface area contributed by atoms with Crippen molar-refractivity contribution in [2.45, 2.75) is 25.1 Å². The third-order valence-corrected chi connectivity index (χ3v) is 5.59. The van der Waals surface area contributed by atoms with Gasteiger partial charge in [-0.15, -0.1) is 0 Å². The molecular formula is C18H21NOSe. The number of carbonyl (C=O) groups excluding carboxylic acids is 1. The molecule has 0 aromatic heterocycles. The molecule has 1 N–H and O–H groups in total. The van der Waals surface area contributed by atoms with E-state index in [0.29, 0.717) is 0 Å². The molecule has 0 saturated heterocycles. The van der Waals surface area contributed by atoms with Crippen molar-refractivity contribution >= 4 is 25.3 Å². The molecule has 110 valence electrons. The van der Waals surface area contributed by atoms with Gasteiger partial charge in [0.2, 0.25) is 0 Å². The molecule has 3 heteroatoms. The van der Waals surface area contributed by atoms with Crippen molar-refractivity contribution in [1.82, 2.24) is 5.32 Å². The number of carbonyl (C=O) groups is 1. The summed E-state index contributed by atoms with van der Waals surface area (Å²) in [6, 6.07) is 18.4. The van der Waals surface area contributed by atoms with E-state index in [1.54, 1.807) is 0 Å². The number of nitrogens with one attached hydrogen (secondary N) is 1. The molecule has 21 heavy (non-hydrogen) atoms. The number of benzene rings is 2. The SMILES string of the molecule is CCCCNC(=O)c1ccccc1[Se]Cc1ccccc1. The average Bonchev–Trinajstić information content (AvgIpc) is 2.54. The van der Waals surface area contributed by atoms with Crippen molar-refractivity contribution in [3.05, 3.63) is 65.7 Å². The first-order chi connectivity index (χ1) is 10.3. The van der Waals surface area contributed by atoms with Crippen LogP contribution < -0.4 is 9.78 Å². The van der Waals surface area contributed by atoms with Gasteiger partial charge in [0.1, 0.15) is 0 Å². The van der Waals surface area contributed by atoms with E-state index in [0.717, 1.165) is 30.3 Å². The van der Waals surface area contributed by atoms with Crippen LogP contribution in [-0.4, -0.2) is 27.4 Å². The summed E-state index contributed by atoms with van der Waals surface area (Å²) in [5.41, 5.74) is 2.17. The van der Waals surface area contributed by atoms with Crippen molar-refractivity contribution in [3.63, 3.8) is 0 Å². The Kier molecular flexibility index (Phi) is 6.52. The van der Waals surface area contributed by atoms with Crippen molar-refractivity contribution in [2.75, 3.05) is 6.54 Å². The second-order valence-electron chi connectivity index (χ2n) is 4.88. The van der Waals surface area contributed by atoms with Gasteiger partial charge in [0.15, 0.2) is 0 Å². The van der Waals surface area contributed by atoms with Gasteiger partial charge in [-0.2, -0.15) is 0 Å². The Morgan fingerprint density at radius 2 is 1.76 bits per heavy atom. The maximum atomic E-state index is 12.3. The molecule has 0 bridgehead atoms. The van der Waals surface area contributed by atoms with Crippen LogP contribution in [0.4, 0.5) is 0 Å². The number of unbranched alkanes of at least 4 members (excludes halogenated alkanes) is 1. The number of amides is 1. The van der Waals surface area contributed by atoms with Crippen molar-refractivity contribution in [2.24, 2.45) is 0 Å². The van der Waals surface area contributed by atoms with Crippen LogP contribution in [0.25, 0.3) is 0 Å². The summed E-state index contributed by atoms with van der Waals surface area (Å²) in [5.74, 6) is 0.0639. The molecule has 0 fully saturated rings. The topological polar surface area (TPSA) is 29.1 Å². The van der Waals surface area contributed by atoms with E-state index in [1.165, 1.54) is 10.0 Å². The van der Waals surface area contributed by atoms with E-state index in [2.05, 4.69) is 42.6 Å². The fraction of sp³-hybridized carbons (Fsp3) is 0.278. The van der Waals surface area contributed by atoms with Gasteiger partial charge < -0.3 is 0 Å². The molecule has 2 aromatic rings. The first-order valence-electron chi connectivity index (χ1n) is 7.35. The van der Waals surface area contributed by atoms with E-state index in [4.69, 9.17) is 0 Å². The summed E-state index contributed by atoms with van der Waals surface area (Å²) in [4.78, 5) is 12.3. The molecule has 0 aliphatic carbocycles. The van der Waals surface area contributed by atoms with Crippen LogP contribution in [0.3, 0.4) is 0 Å². The van der Waals surface area contributed by atoms with Crippen molar-refractivity contribution in [1.29, 1.82) is 0 Å². The summed E-state index contributed by atoms with van der Waals surface area (Å²) in [6.07, 6.45) is 2.13. The Labute approximate surface area is 133 Å². The molecule has 2 rings (SSSR count). The van der Waals surface area contributed by atoms with Gasteiger partial charge in [-0.25, -0.2) is 0 Å². The summed E-state index contributed by atoms with van der Waals surface area (Å²) in [7, 11) is 0. The minimum absolute atomic E-state index is 0.0639. The molecule has 0 aliphatic heterocycles. The fourth-order valence-corrected chi connectivity index (χ4v) is 4.10. The fourth-order valence-electron chi connectivity index (χ4n) is 1.99. The summed E-state index contributed by atoms with van der Waals surface area (Å²) >= 11 is 0.278. The zero-order chi connectivity index (χ0) is 14.9. The predicted octanol–water partition coefficient (Wildman–Crippen LogP) is 2.75. The molecule has 1 amide bonds. The summed E-state index contributed by atoms with van der Waals surface area (Å²) < 4.78 is 1.18. The third-order valence-electron chi connectivity index (χ3n) is 3.18. The molecular weight excluding hydrogens is 325 g/mol. The average molecular weight is 346 g/mol. The van der Waals surface area contributed by atoms with E-state index in [9.17, 15) is 4.79 Å². The second kappa shape index (κ2) is 8.66. The van der Waals surface area contributed by atoms with Crippen LogP contribution in [0.15, 0.2) is 54.6 Å². The Balaban J connectivity index is 2.01. The van der Waals surface area contributed by atoms with Gasteiger partial charge in [-0.3, -0.25) is 0 Å². The molecule has 0 heterocycles. The van der Waals surface area contributed by atoms with E-state index >= 15 is 0 Å². The maximum absolute atomic E-state index is 12.3. The van der Waals surface area contributed by atoms with Crippen LogP contribution in [0.1, 0.15) is 35.7 Å². The molecule has 0 radical (unpaired) electrons. The predicted molar refractivity (Wildman–Crippen MR) is 89.2 cm³/mol. The Morgan fingerprint density at radius 1 is 1.05 bits per heavy atom. The van der Waals surface area contributed by atoms with E-state index in [1.807, 2.05) is 24.3 Å². The van der Waals surface area contributed by atoms with Crippen LogP contribution in [0.5, 0.6) is 0 Å². The van der Waals surface area contributed by atoms with Gasteiger partial charge in [0.25, 0.3) is 0 Å². The Bertz CT molecular complexity index is 568. The first kappa shape index (κ1) is 15.8. The van der Waals surface area contributed by atoms with Crippen LogP contribution in [0, 0.1) is 0 Å². The number of hydrogen-bond donors (Lipinski definition) is 1. The van der Waals surface area contributed by atoms with E-state index in [-0.39, 0.29) is 20.9 Å². The first-order valence-corrected chi connectivity index (χ1v) is 9.42. The molecule has 2 nitrogen and oxygen atoms in total. The molecule has 2 aromatic carbocycles. The minimum atomic E-state index is 0.0639. The van der Waals surface area contributed by atoms with E-state index < -0.39 is 0 Å². The van der Waals surface area contributed by atoms with Gasteiger partial charge >= 0.3 is 133 Å². The van der Waals surface area contributed by atoms with Gasteiger partial charge in [-0.1, -0.05) is 0 Å². The number of rotatable bonds is 7. The quantitative estimate of drug-likeness (QED) is 0.606. The molecule has 0 unspecified atom stereocenters. The van der Waals surface area contributed by atoms with Crippen molar-refractivity contribution in [3.8, 4) is 0 Å². The van der Waals surface area contributed by atoms with Gasteiger partial charge in [0, 0.05) is 0 Å². The molecule has 0 aliphatic rings. The zero-order valence-corrected chi connectivity index (χ0v) is 14.1. The standard InChI is InChI=1S/C18H21NOSe/c1-2-3-13-19-18(20)16-11-7-8-12-17(16)21-14-15-9-5-4-6-10-15/h4-12H,2-3,13-14H2,1H3,(H,19,20).